The molecule has 128 valence electrons. The van der Waals surface area contributed by atoms with Crippen molar-refractivity contribution in [3.8, 4) is 11.5 Å². The molecule has 0 unspecified atom stereocenters. The lowest BCUT2D eigenvalue weighted by molar-refractivity contribution is -0.0828. The van der Waals surface area contributed by atoms with Gasteiger partial charge in [0.2, 0.25) is 0 Å². The zero-order valence-electron chi connectivity index (χ0n) is 13.9. The SMILES string of the molecule is COc1ccc(NC(N)=NCC2(OC)CCOCC2)cc1OC. The Hall–Kier alpha value is -1.99. The van der Waals surface area contributed by atoms with Gasteiger partial charge in [-0.2, -0.15) is 0 Å². The highest BCUT2D eigenvalue weighted by Gasteiger charge is 2.32. The molecule has 1 aromatic carbocycles. The minimum absolute atomic E-state index is 0.290. The first kappa shape index (κ1) is 17.4. The number of hydrogen-bond acceptors (Lipinski definition) is 5. The highest BCUT2D eigenvalue weighted by molar-refractivity contribution is 5.92. The average Bonchev–Trinajstić information content (AvgIpc) is 2.60. The minimum atomic E-state index is -0.290. The van der Waals surface area contributed by atoms with Crippen LogP contribution in [-0.4, -0.2) is 52.6 Å². The molecule has 2 rings (SSSR count). The maximum Gasteiger partial charge on any atom is 0.193 e. The number of benzene rings is 1. The van der Waals surface area contributed by atoms with E-state index in [1.807, 2.05) is 18.2 Å². The average molecular weight is 323 g/mol. The summed E-state index contributed by atoms with van der Waals surface area (Å²) in [5.41, 5.74) is 6.47. The van der Waals surface area contributed by atoms with Gasteiger partial charge in [-0.05, 0) is 12.1 Å². The summed E-state index contributed by atoms with van der Waals surface area (Å²) in [5.74, 6) is 1.62. The molecule has 1 aliphatic rings. The van der Waals surface area contributed by atoms with Crippen LogP contribution in [0.4, 0.5) is 5.69 Å². The summed E-state index contributed by atoms with van der Waals surface area (Å²) in [7, 11) is 4.89. The van der Waals surface area contributed by atoms with Crippen molar-refractivity contribution in [2.24, 2.45) is 10.7 Å². The third-order valence-corrected chi connectivity index (χ3v) is 4.03. The van der Waals surface area contributed by atoms with Crippen molar-refractivity contribution in [2.75, 3.05) is 46.4 Å². The number of hydrogen-bond donors (Lipinski definition) is 2. The second kappa shape index (κ2) is 8.03. The number of aliphatic imine (C=N–C) groups is 1. The third-order valence-electron chi connectivity index (χ3n) is 4.03. The van der Waals surface area contributed by atoms with Gasteiger partial charge in [0.1, 0.15) is 0 Å². The number of methoxy groups -OCH3 is 3. The molecule has 1 aromatic rings. The second-order valence-electron chi connectivity index (χ2n) is 5.40. The Morgan fingerprint density at radius 3 is 2.52 bits per heavy atom. The number of nitrogens with two attached hydrogens (primary N) is 1. The van der Waals surface area contributed by atoms with Crippen molar-refractivity contribution in [3.63, 3.8) is 0 Å². The molecule has 3 N–H and O–H groups in total. The van der Waals surface area contributed by atoms with Crippen molar-refractivity contribution in [1.82, 2.24) is 0 Å². The molecule has 7 nitrogen and oxygen atoms in total. The Balaban J connectivity index is 2.01. The third kappa shape index (κ3) is 4.49. The molecule has 1 heterocycles. The van der Waals surface area contributed by atoms with Crippen LogP contribution in [-0.2, 0) is 9.47 Å². The first-order valence-electron chi connectivity index (χ1n) is 7.54. The molecule has 0 bridgehead atoms. The van der Waals surface area contributed by atoms with Gasteiger partial charge < -0.3 is 30.0 Å². The van der Waals surface area contributed by atoms with Gasteiger partial charge in [-0.1, -0.05) is 0 Å². The van der Waals surface area contributed by atoms with Gasteiger partial charge >= 0.3 is 0 Å². The second-order valence-corrected chi connectivity index (χ2v) is 5.40. The fourth-order valence-corrected chi connectivity index (χ4v) is 2.50. The monoisotopic (exact) mass is 323 g/mol. The van der Waals surface area contributed by atoms with Crippen LogP contribution in [0.5, 0.6) is 11.5 Å². The van der Waals surface area contributed by atoms with E-state index in [2.05, 4.69) is 10.3 Å². The Kier molecular flexibility index (Phi) is 6.06. The van der Waals surface area contributed by atoms with Crippen LogP contribution in [0.1, 0.15) is 12.8 Å². The van der Waals surface area contributed by atoms with E-state index in [0.717, 1.165) is 18.5 Å². The van der Waals surface area contributed by atoms with Crippen LogP contribution in [0.3, 0.4) is 0 Å². The summed E-state index contributed by atoms with van der Waals surface area (Å²) in [6.45, 7) is 1.87. The summed E-state index contributed by atoms with van der Waals surface area (Å²) in [4.78, 5) is 4.41. The Morgan fingerprint density at radius 2 is 1.91 bits per heavy atom. The van der Waals surface area contributed by atoms with Crippen molar-refractivity contribution < 1.29 is 18.9 Å². The zero-order valence-corrected chi connectivity index (χ0v) is 13.9. The molecule has 7 heteroatoms. The molecule has 0 spiro atoms. The first-order chi connectivity index (χ1) is 11.1. The molecule has 0 saturated carbocycles. The molecular weight excluding hydrogens is 298 g/mol. The minimum Gasteiger partial charge on any atom is -0.493 e. The Bertz CT molecular complexity index is 542. The number of nitrogens with zero attached hydrogens (tertiary/aromatic N) is 1. The smallest absolute Gasteiger partial charge is 0.193 e. The van der Waals surface area contributed by atoms with E-state index in [4.69, 9.17) is 24.7 Å². The number of anilines is 1. The Labute approximate surface area is 136 Å². The van der Waals surface area contributed by atoms with E-state index in [9.17, 15) is 0 Å². The molecular formula is C16H25N3O4. The largest absolute Gasteiger partial charge is 0.493 e. The maximum atomic E-state index is 5.98. The van der Waals surface area contributed by atoms with E-state index < -0.39 is 0 Å². The van der Waals surface area contributed by atoms with Gasteiger partial charge in [0.15, 0.2) is 17.5 Å². The molecule has 1 saturated heterocycles. The van der Waals surface area contributed by atoms with Gasteiger partial charge in [-0.3, -0.25) is 4.99 Å². The maximum absolute atomic E-state index is 5.98. The predicted octanol–water partition coefficient (Wildman–Crippen LogP) is 1.63. The van der Waals surface area contributed by atoms with Crippen LogP contribution in [0.25, 0.3) is 0 Å². The van der Waals surface area contributed by atoms with Crippen molar-refractivity contribution in [3.05, 3.63) is 18.2 Å². The van der Waals surface area contributed by atoms with Crippen molar-refractivity contribution in [1.29, 1.82) is 0 Å². The van der Waals surface area contributed by atoms with Crippen molar-refractivity contribution in [2.45, 2.75) is 18.4 Å². The van der Waals surface area contributed by atoms with E-state index in [-0.39, 0.29) is 5.60 Å². The first-order valence-corrected chi connectivity index (χ1v) is 7.54. The van der Waals surface area contributed by atoms with Gasteiger partial charge in [-0.15, -0.1) is 0 Å². The number of rotatable bonds is 6. The van der Waals surface area contributed by atoms with Gasteiger partial charge in [0, 0.05) is 44.9 Å². The number of nitrogens with one attached hydrogen (secondary N) is 1. The van der Waals surface area contributed by atoms with E-state index in [1.54, 1.807) is 21.3 Å². The molecule has 1 aliphatic heterocycles. The zero-order chi connectivity index (χ0) is 16.7. The molecule has 0 aromatic heterocycles. The summed E-state index contributed by atoms with van der Waals surface area (Å²) in [6.07, 6.45) is 1.63. The molecule has 0 aliphatic carbocycles. The lowest BCUT2D eigenvalue weighted by Crippen LogP contribution is -2.42. The molecule has 0 radical (unpaired) electrons. The quantitative estimate of drug-likeness (QED) is 0.611. The standard InChI is InChI=1S/C16H25N3O4/c1-20-13-5-4-12(10-14(13)21-2)19-15(17)18-11-16(22-3)6-8-23-9-7-16/h4-5,10H,6-9,11H2,1-3H3,(H3,17,18,19). The van der Waals surface area contributed by atoms with E-state index >= 15 is 0 Å². The molecule has 1 fully saturated rings. The number of ether oxygens (including phenoxy) is 4. The van der Waals surface area contributed by atoms with Crippen LogP contribution in [0.2, 0.25) is 0 Å². The fourth-order valence-electron chi connectivity index (χ4n) is 2.50. The fraction of sp³-hybridized carbons (Fsp3) is 0.562. The normalized spacial score (nSPS) is 17.6. The lowest BCUT2D eigenvalue weighted by atomic mass is 9.94. The topological polar surface area (TPSA) is 87.3 Å². The molecule has 0 atom stereocenters. The predicted molar refractivity (Wildman–Crippen MR) is 89.5 cm³/mol. The van der Waals surface area contributed by atoms with Gasteiger partial charge in [0.05, 0.1) is 26.4 Å². The lowest BCUT2D eigenvalue weighted by Gasteiger charge is -2.34. The number of guanidine groups is 1. The molecule has 0 amide bonds. The van der Waals surface area contributed by atoms with E-state index in [1.165, 1.54) is 0 Å². The van der Waals surface area contributed by atoms with Crippen LogP contribution in [0.15, 0.2) is 23.2 Å². The summed E-state index contributed by atoms with van der Waals surface area (Å²) < 4.78 is 21.5. The van der Waals surface area contributed by atoms with Gasteiger partial charge in [-0.25, -0.2) is 0 Å². The van der Waals surface area contributed by atoms with Gasteiger partial charge in [0.25, 0.3) is 0 Å². The molecule has 23 heavy (non-hydrogen) atoms. The van der Waals surface area contributed by atoms with Crippen molar-refractivity contribution >= 4 is 11.6 Å². The highest BCUT2D eigenvalue weighted by atomic mass is 16.5. The summed E-state index contributed by atoms with van der Waals surface area (Å²) in [5, 5.41) is 3.05. The van der Waals surface area contributed by atoms with E-state index in [0.29, 0.717) is 37.2 Å². The summed E-state index contributed by atoms with van der Waals surface area (Å²) in [6, 6.07) is 5.47. The Morgan fingerprint density at radius 1 is 1.22 bits per heavy atom. The highest BCUT2D eigenvalue weighted by Crippen LogP contribution is 2.29. The van der Waals surface area contributed by atoms with Crippen LogP contribution < -0.4 is 20.5 Å². The van der Waals surface area contributed by atoms with Crippen LogP contribution in [0, 0.1) is 0 Å². The van der Waals surface area contributed by atoms with Crippen LogP contribution >= 0.6 is 0 Å². The summed E-state index contributed by atoms with van der Waals surface area (Å²) >= 11 is 0.